The number of rotatable bonds is 4. The highest BCUT2D eigenvalue weighted by Crippen LogP contribution is 2.26. The first-order valence-corrected chi connectivity index (χ1v) is 8.40. The number of sulfonamides is 1. The zero-order valence-corrected chi connectivity index (χ0v) is 12.9. The third-order valence-electron chi connectivity index (χ3n) is 3.13. The quantitative estimate of drug-likeness (QED) is 0.886. The molecule has 0 saturated carbocycles. The zero-order valence-electron chi connectivity index (χ0n) is 10.5. The van der Waals surface area contributed by atoms with Gasteiger partial charge in [-0.25, -0.2) is 21.9 Å². The minimum absolute atomic E-state index is 0.130. The largest absolute Gasteiger partial charge is 0.381 e. The van der Waals surface area contributed by atoms with E-state index in [1.165, 1.54) is 0 Å². The van der Waals surface area contributed by atoms with E-state index in [1.807, 2.05) is 0 Å². The van der Waals surface area contributed by atoms with E-state index in [0.29, 0.717) is 19.3 Å². The molecule has 1 heterocycles. The molecule has 1 N–H and O–H groups in total. The molecule has 1 saturated heterocycles. The lowest BCUT2D eigenvalue weighted by Crippen LogP contribution is -2.32. The number of ether oxygens (including phenoxy) is 1. The molecule has 0 aromatic heterocycles. The van der Waals surface area contributed by atoms with Crippen LogP contribution in [-0.4, -0.2) is 28.2 Å². The van der Waals surface area contributed by atoms with Gasteiger partial charge in [0.05, 0.1) is 0 Å². The van der Waals surface area contributed by atoms with Gasteiger partial charge in [0.25, 0.3) is 0 Å². The van der Waals surface area contributed by atoms with Gasteiger partial charge < -0.3 is 4.74 Å². The maximum atomic E-state index is 13.7. The van der Waals surface area contributed by atoms with Crippen LogP contribution in [0.4, 0.5) is 8.78 Å². The number of nitrogens with one attached hydrogen (secondary N) is 1. The summed E-state index contributed by atoms with van der Waals surface area (Å²) in [5, 5.41) is 0. The van der Waals surface area contributed by atoms with Gasteiger partial charge >= 0.3 is 0 Å². The normalized spacial score (nSPS) is 17.4. The first-order chi connectivity index (χ1) is 9.40. The number of hydrogen-bond acceptors (Lipinski definition) is 3. The smallest absolute Gasteiger partial charge is 0.244 e. The van der Waals surface area contributed by atoms with Crippen molar-refractivity contribution >= 4 is 26.0 Å². The Morgan fingerprint density at radius 3 is 2.55 bits per heavy atom. The third kappa shape index (κ3) is 3.75. The molecular weight excluding hydrogens is 356 g/mol. The van der Waals surface area contributed by atoms with Crippen LogP contribution in [0.2, 0.25) is 0 Å². The summed E-state index contributed by atoms with van der Waals surface area (Å²) in [5.41, 5.74) is 0. The van der Waals surface area contributed by atoms with E-state index in [4.69, 9.17) is 4.74 Å². The Morgan fingerprint density at radius 1 is 1.30 bits per heavy atom. The van der Waals surface area contributed by atoms with Gasteiger partial charge in [-0.1, -0.05) is 0 Å². The van der Waals surface area contributed by atoms with Crippen LogP contribution in [0.3, 0.4) is 0 Å². The fourth-order valence-electron chi connectivity index (χ4n) is 2.04. The van der Waals surface area contributed by atoms with Crippen molar-refractivity contribution in [2.45, 2.75) is 17.7 Å². The monoisotopic (exact) mass is 369 g/mol. The average molecular weight is 370 g/mol. The summed E-state index contributed by atoms with van der Waals surface area (Å²) >= 11 is 2.88. The molecule has 0 bridgehead atoms. The van der Waals surface area contributed by atoms with Gasteiger partial charge in [-0.15, -0.1) is 0 Å². The van der Waals surface area contributed by atoms with Gasteiger partial charge in [0.15, 0.2) is 0 Å². The SMILES string of the molecule is O=S(=O)(NCC1CCOCC1)c1c(F)cc(F)cc1Br. The fourth-order valence-corrected chi connectivity index (χ4v) is 4.31. The van der Waals surface area contributed by atoms with Crippen LogP contribution in [0, 0.1) is 17.6 Å². The van der Waals surface area contributed by atoms with Crippen molar-refractivity contribution in [3.05, 3.63) is 28.2 Å². The summed E-state index contributed by atoms with van der Waals surface area (Å²) in [4.78, 5) is -0.564. The molecule has 1 aliphatic heterocycles. The summed E-state index contributed by atoms with van der Waals surface area (Å²) in [6.45, 7) is 1.41. The molecule has 8 heteroatoms. The van der Waals surface area contributed by atoms with Crippen molar-refractivity contribution in [1.82, 2.24) is 4.72 Å². The Morgan fingerprint density at radius 2 is 1.95 bits per heavy atom. The lowest BCUT2D eigenvalue weighted by molar-refractivity contribution is 0.0678. The van der Waals surface area contributed by atoms with Crippen molar-refractivity contribution in [3.8, 4) is 0 Å². The van der Waals surface area contributed by atoms with Crippen molar-refractivity contribution in [2.24, 2.45) is 5.92 Å². The van der Waals surface area contributed by atoms with E-state index in [2.05, 4.69) is 20.7 Å². The molecule has 0 atom stereocenters. The van der Waals surface area contributed by atoms with Gasteiger partial charge in [0, 0.05) is 30.3 Å². The van der Waals surface area contributed by atoms with E-state index in [0.717, 1.165) is 18.9 Å². The zero-order chi connectivity index (χ0) is 14.8. The molecule has 0 radical (unpaired) electrons. The second-order valence-corrected chi connectivity index (χ2v) is 7.16. The van der Waals surface area contributed by atoms with Crippen LogP contribution in [0.25, 0.3) is 0 Å². The number of benzene rings is 1. The summed E-state index contributed by atoms with van der Waals surface area (Å²) < 4.78 is 58.2. The average Bonchev–Trinajstić information content (AvgIpc) is 2.36. The summed E-state index contributed by atoms with van der Waals surface area (Å²) in [5.74, 6) is -1.78. The molecule has 2 rings (SSSR count). The molecule has 0 unspecified atom stereocenters. The molecule has 112 valence electrons. The Labute approximate surface area is 124 Å². The highest BCUT2D eigenvalue weighted by atomic mass is 79.9. The van der Waals surface area contributed by atoms with Crippen LogP contribution in [0.5, 0.6) is 0 Å². The van der Waals surface area contributed by atoms with Crippen molar-refractivity contribution in [2.75, 3.05) is 19.8 Å². The third-order valence-corrected chi connectivity index (χ3v) is 5.52. The number of hydrogen-bond donors (Lipinski definition) is 1. The molecular formula is C12H14BrF2NO3S. The van der Waals surface area contributed by atoms with Crippen molar-refractivity contribution in [1.29, 1.82) is 0 Å². The van der Waals surface area contributed by atoms with E-state index in [9.17, 15) is 17.2 Å². The van der Waals surface area contributed by atoms with Gasteiger partial charge in [-0.3, -0.25) is 0 Å². The van der Waals surface area contributed by atoms with Gasteiger partial charge in [0.1, 0.15) is 16.5 Å². The second kappa shape index (κ2) is 6.46. The molecule has 1 aromatic carbocycles. The predicted molar refractivity (Wildman–Crippen MR) is 72.8 cm³/mol. The topological polar surface area (TPSA) is 55.4 Å². The van der Waals surface area contributed by atoms with Crippen LogP contribution < -0.4 is 4.72 Å². The summed E-state index contributed by atoms with van der Waals surface area (Å²) in [7, 11) is -4.02. The summed E-state index contributed by atoms with van der Waals surface area (Å²) in [6, 6.07) is 1.47. The molecule has 0 spiro atoms. The van der Waals surface area contributed by atoms with E-state index >= 15 is 0 Å². The van der Waals surface area contributed by atoms with Gasteiger partial charge in [-0.2, -0.15) is 0 Å². The van der Waals surface area contributed by atoms with Crippen molar-refractivity contribution < 1.29 is 21.9 Å². The fraction of sp³-hybridized carbons (Fsp3) is 0.500. The Kier molecular flexibility index (Phi) is 5.11. The molecule has 1 fully saturated rings. The predicted octanol–water partition coefficient (Wildman–Crippen LogP) is 2.43. The Hall–Kier alpha value is -0.570. The number of halogens is 3. The van der Waals surface area contributed by atoms with Crippen LogP contribution in [0.1, 0.15) is 12.8 Å². The van der Waals surface area contributed by atoms with Gasteiger partial charge in [0.2, 0.25) is 10.0 Å². The lowest BCUT2D eigenvalue weighted by atomic mass is 10.0. The second-order valence-electron chi connectivity index (χ2n) is 4.61. The van der Waals surface area contributed by atoms with Crippen LogP contribution in [0.15, 0.2) is 21.5 Å². The Bertz CT molecular complexity index is 565. The molecule has 4 nitrogen and oxygen atoms in total. The first-order valence-electron chi connectivity index (χ1n) is 6.12. The van der Waals surface area contributed by atoms with Crippen molar-refractivity contribution in [3.63, 3.8) is 0 Å². The standard InChI is InChI=1S/C12H14BrF2NO3S/c13-10-5-9(14)6-11(15)12(10)20(17,18)16-7-8-1-3-19-4-2-8/h5-6,8,16H,1-4,7H2. The van der Waals surface area contributed by atoms with Crippen LogP contribution >= 0.6 is 15.9 Å². The van der Waals surface area contributed by atoms with E-state index in [-0.39, 0.29) is 16.9 Å². The highest BCUT2D eigenvalue weighted by Gasteiger charge is 2.25. The maximum absolute atomic E-state index is 13.7. The molecule has 0 amide bonds. The molecule has 1 aliphatic rings. The van der Waals surface area contributed by atoms with E-state index < -0.39 is 26.6 Å². The Balaban J connectivity index is 2.14. The summed E-state index contributed by atoms with van der Waals surface area (Å²) in [6.07, 6.45) is 1.52. The minimum atomic E-state index is -4.02. The maximum Gasteiger partial charge on any atom is 0.244 e. The minimum Gasteiger partial charge on any atom is -0.381 e. The molecule has 0 aliphatic carbocycles. The van der Waals surface area contributed by atoms with Gasteiger partial charge in [-0.05, 0) is 40.8 Å². The highest BCUT2D eigenvalue weighted by molar-refractivity contribution is 9.10. The first kappa shape index (κ1) is 15.8. The van der Waals surface area contributed by atoms with Crippen LogP contribution in [-0.2, 0) is 14.8 Å². The lowest BCUT2D eigenvalue weighted by Gasteiger charge is -2.22. The molecule has 1 aromatic rings. The molecule has 20 heavy (non-hydrogen) atoms. The van der Waals surface area contributed by atoms with E-state index in [1.54, 1.807) is 0 Å².